The Balaban J connectivity index is 1.14. The molecule has 0 radical (unpaired) electrons. The number of ether oxygens (including phenoxy) is 9. The molecule has 6 aromatic carbocycles. The molecule has 0 bridgehead atoms. The summed E-state index contributed by atoms with van der Waals surface area (Å²) in [6.07, 6.45) is -10.4. The third kappa shape index (κ3) is 13.5. The highest BCUT2D eigenvalue weighted by molar-refractivity contribution is 5.18. The highest BCUT2D eigenvalue weighted by Crippen LogP contribution is 2.35. The second kappa shape index (κ2) is 24.4. The highest BCUT2D eigenvalue weighted by Gasteiger charge is 2.53. The minimum Gasteiger partial charge on any atom is -0.387 e. The third-order valence-corrected chi connectivity index (χ3v) is 11.4. The van der Waals surface area contributed by atoms with E-state index in [0.29, 0.717) is 6.61 Å². The summed E-state index contributed by atoms with van der Waals surface area (Å²) in [4.78, 5) is 0. The van der Waals surface area contributed by atoms with Crippen molar-refractivity contribution in [3.8, 4) is 0 Å². The summed E-state index contributed by atoms with van der Waals surface area (Å²) in [5, 5.41) is 24.0. The molecule has 0 aromatic heterocycles. The van der Waals surface area contributed by atoms with Crippen LogP contribution in [0, 0.1) is 0 Å². The lowest BCUT2D eigenvalue weighted by atomic mass is 9.96. The maximum absolute atomic E-state index is 12.2. The molecule has 0 spiro atoms. The van der Waals surface area contributed by atoms with Crippen LogP contribution in [0.5, 0.6) is 0 Å². The SMILES string of the molecule is OC1O[C@H](COCc2ccccc2)[C@@H](O[C@H]2O[C@H](COCc3ccccc3)[C@@H](O)[C@H](OCc3ccccc3)[C@H]2OCc2ccccc2)[C@H](OCc2ccccc2)[C@H]1OCc1ccccc1. The molecule has 0 aliphatic carbocycles. The van der Waals surface area contributed by atoms with Crippen LogP contribution in [0.4, 0.5) is 0 Å². The molecule has 65 heavy (non-hydrogen) atoms. The van der Waals surface area contributed by atoms with E-state index in [4.69, 9.17) is 42.6 Å². The predicted octanol–water partition coefficient (Wildman–Crippen LogP) is 7.95. The molecular weight excluding hydrogens is 825 g/mol. The summed E-state index contributed by atoms with van der Waals surface area (Å²) in [5.74, 6) is 0. The van der Waals surface area contributed by atoms with Crippen molar-refractivity contribution in [1.82, 2.24) is 0 Å². The highest BCUT2D eigenvalue weighted by atomic mass is 16.7. The third-order valence-electron chi connectivity index (χ3n) is 11.4. The molecule has 10 atom stereocenters. The summed E-state index contributed by atoms with van der Waals surface area (Å²) in [7, 11) is 0. The van der Waals surface area contributed by atoms with E-state index in [2.05, 4.69) is 0 Å². The van der Waals surface area contributed by atoms with Crippen LogP contribution in [0.3, 0.4) is 0 Å². The van der Waals surface area contributed by atoms with Crippen molar-refractivity contribution in [3.63, 3.8) is 0 Å². The minimum atomic E-state index is -1.41. The maximum atomic E-state index is 12.2. The van der Waals surface area contributed by atoms with Crippen LogP contribution in [-0.2, 0) is 82.3 Å². The molecule has 11 nitrogen and oxygen atoms in total. The number of hydrogen-bond acceptors (Lipinski definition) is 11. The number of benzene rings is 6. The second-order valence-corrected chi connectivity index (χ2v) is 16.2. The van der Waals surface area contributed by atoms with Gasteiger partial charge in [-0.3, -0.25) is 0 Å². The number of aliphatic hydroxyl groups is 2. The first kappa shape index (κ1) is 46.4. The second-order valence-electron chi connectivity index (χ2n) is 16.2. The molecule has 0 amide bonds. The Kier molecular flexibility index (Phi) is 17.4. The van der Waals surface area contributed by atoms with Gasteiger partial charge in [0.1, 0.15) is 48.8 Å². The van der Waals surface area contributed by atoms with E-state index in [1.165, 1.54) is 0 Å². The molecule has 2 aliphatic heterocycles. The zero-order valence-electron chi connectivity index (χ0n) is 36.3. The van der Waals surface area contributed by atoms with Crippen LogP contribution in [0.2, 0.25) is 0 Å². The van der Waals surface area contributed by atoms with Gasteiger partial charge in [-0.05, 0) is 33.4 Å². The Labute approximate surface area is 381 Å². The first-order valence-corrected chi connectivity index (χ1v) is 22.3. The average Bonchev–Trinajstić information content (AvgIpc) is 3.35. The molecule has 0 saturated carbocycles. The first-order valence-electron chi connectivity index (χ1n) is 22.3. The van der Waals surface area contributed by atoms with Crippen molar-refractivity contribution in [3.05, 3.63) is 215 Å². The summed E-state index contributed by atoms with van der Waals surface area (Å²) < 4.78 is 59.6. The van der Waals surface area contributed by atoms with Crippen molar-refractivity contribution < 1.29 is 52.8 Å². The van der Waals surface area contributed by atoms with Gasteiger partial charge in [-0.15, -0.1) is 0 Å². The van der Waals surface area contributed by atoms with Crippen LogP contribution in [0.15, 0.2) is 182 Å². The smallest absolute Gasteiger partial charge is 0.187 e. The van der Waals surface area contributed by atoms with Crippen molar-refractivity contribution in [1.29, 1.82) is 0 Å². The van der Waals surface area contributed by atoms with Crippen molar-refractivity contribution in [2.75, 3.05) is 13.2 Å². The lowest BCUT2D eigenvalue weighted by Gasteiger charge is -2.49. The van der Waals surface area contributed by atoms with Gasteiger partial charge in [0, 0.05) is 0 Å². The largest absolute Gasteiger partial charge is 0.387 e. The van der Waals surface area contributed by atoms with Gasteiger partial charge >= 0.3 is 0 Å². The Morgan fingerprint density at radius 3 is 1.09 bits per heavy atom. The van der Waals surface area contributed by atoms with Crippen LogP contribution >= 0.6 is 0 Å². The number of aliphatic hydroxyl groups excluding tert-OH is 2. The van der Waals surface area contributed by atoms with Crippen LogP contribution in [-0.4, -0.2) is 84.8 Å². The average molecular weight is 883 g/mol. The fraction of sp³-hybridized carbons (Fsp3) is 0.333. The van der Waals surface area contributed by atoms with Crippen molar-refractivity contribution >= 4 is 0 Å². The molecule has 340 valence electrons. The summed E-state index contributed by atoms with van der Waals surface area (Å²) in [6, 6.07) is 58.6. The van der Waals surface area contributed by atoms with E-state index in [-0.39, 0.29) is 46.2 Å². The zero-order chi connectivity index (χ0) is 44.5. The molecule has 2 N–H and O–H groups in total. The van der Waals surface area contributed by atoms with Gasteiger partial charge < -0.3 is 52.8 Å². The van der Waals surface area contributed by atoms with Gasteiger partial charge in [0.2, 0.25) is 0 Å². The molecule has 2 heterocycles. The van der Waals surface area contributed by atoms with Crippen LogP contribution in [0.1, 0.15) is 33.4 Å². The minimum absolute atomic E-state index is 0.0206. The van der Waals surface area contributed by atoms with Gasteiger partial charge in [0.15, 0.2) is 12.6 Å². The summed E-state index contributed by atoms with van der Waals surface area (Å²) in [5.41, 5.74) is 5.59. The normalized spacial score (nSPS) is 25.6. The molecule has 6 aromatic rings. The van der Waals surface area contributed by atoms with Gasteiger partial charge in [0.25, 0.3) is 0 Å². The number of hydrogen-bond donors (Lipinski definition) is 2. The van der Waals surface area contributed by atoms with Gasteiger partial charge in [-0.2, -0.15) is 0 Å². The Bertz CT molecular complexity index is 2210. The van der Waals surface area contributed by atoms with Crippen molar-refractivity contribution in [2.45, 2.75) is 101 Å². The molecule has 1 unspecified atom stereocenters. The van der Waals surface area contributed by atoms with E-state index < -0.39 is 61.4 Å². The van der Waals surface area contributed by atoms with Gasteiger partial charge in [0.05, 0.1) is 52.9 Å². The maximum Gasteiger partial charge on any atom is 0.187 e. The predicted molar refractivity (Wildman–Crippen MR) is 243 cm³/mol. The molecule has 2 saturated heterocycles. The van der Waals surface area contributed by atoms with Crippen LogP contribution in [0.25, 0.3) is 0 Å². The standard InChI is InChI=1S/C54H58O11/c55-47-45(37-57-31-39-19-7-1-8-20-39)64-54(52(62-36-44-29-17-6-18-30-44)49(47)59-33-41-23-11-3-12-24-41)65-48-46(38-58-32-40-21-9-2-10-22-40)63-53(56)51(61-35-43-27-15-5-16-28-43)50(48)60-34-42-25-13-4-14-26-42/h1-30,45-56H,31-38H2/t45-,46-,47-,48-,49+,50+,51-,52-,53?,54-/m1/s1. The van der Waals surface area contributed by atoms with E-state index in [0.717, 1.165) is 33.4 Å². The quantitative estimate of drug-likeness (QED) is 0.0691. The molecule has 2 aliphatic rings. The van der Waals surface area contributed by atoms with Gasteiger partial charge in [-0.1, -0.05) is 182 Å². The molecule has 8 rings (SSSR count). The fourth-order valence-electron chi connectivity index (χ4n) is 8.02. The fourth-order valence-corrected chi connectivity index (χ4v) is 8.02. The van der Waals surface area contributed by atoms with E-state index in [1.54, 1.807) is 0 Å². The Hall–Kier alpha value is -5.12. The monoisotopic (exact) mass is 882 g/mol. The lowest BCUT2D eigenvalue weighted by molar-refractivity contribution is -0.371. The number of rotatable bonds is 22. The van der Waals surface area contributed by atoms with E-state index >= 15 is 0 Å². The lowest BCUT2D eigenvalue weighted by Crippen LogP contribution is -2.66. The Morgan fingerprint density at radius 1 is 0.338 bits per heavy atom. The van der Waals surface area contributed by atoms with Gasteiger partial charge in [-0.25, -0.2) is 0 Å². The topological polar surface area (TPSA) is 124 Å². The van der Waals surface area contributed by atoms with Crippen molar-refractivity contribution in [2.24, 2.45) is 0 Å². The van der Waals surface area contributed by atoms with Crippen LogP contribution < -0.4 is 0 Å². The molecular formula is C54H58O11. The summed E-state index contributed by atoms with van der Waals surface area (Å²) >= 11 is 0. The van der Waals surface area contributed by atoms with E-state index in [1.807, 2.05) is 182 Å². The van der Waals surface area contributed by atoms with E-state index in [9.17, 15) is 10.2 Å². The first-order chi connectivity index (χ1) is 32.1. The zero-order valence-corrected chi connectivity index (χ0v) is 36.3. The Morgan fingerprint density at radius 2 is 0.677 bits per heavy atom. The molecule has 11 heteroatoms. The summed E-state index contributed by atoms with van der Waals surface area (Å²) in [6.45, 7) is 1.34. The molecule has 2 fully saturated rings.